The molecule has 0 amide bonds. The molecule has 0 atom stereocenters. The van der Waals surface area contributed by atoms with E-state index >= 15 is 0 Å². The Balaban J connectivity index is 2.19. The molecule has 0 unspecified atom stereocenters. The van der Waals surface area contributed by atoms with E-state index in [1.807, 2.05) is 0 Å². The molecule has 0 N–H and O–H groups in total. The maximum atomic E-state index is 9.49. The van der Waals surface area contributed by atoms with Crippen molar-refractivity contribution in [3.63, 3.8) is 0 Å². The summed E-state index contributed by atoms with van der Waals surface area (Å²) in [6, 6.07) is 2.66. The third-order valence-electron chi connectivity index (χ3n) is 4.89. The number of nitrogens with zero attached hydrogens (tertiary/aromatic N) is 1. The van der Waals surface area contributed by atoms with Crippen molar-refractivity contribution >= 4 is 0 Å². The molecule has 0 bridgehead atoms. The summed E-state index contributed by atoms with van der Waals surface area (Å²) in [4.78, 5) is 0. The standard InChI is InChI=1S/C17H31N/c1-3-5-6-7-8-9-12-17(15-18)13-10-16(4-2)11-14-17/h16H,3-14H2,1-2H3. The van der Waals surface area contributed by atoms with Gasteiger partial charge in [-0.15, -0.1) is 0 Å². The van der Waals surface area contributed by atoms with E-state index in [9.17, 15) is 5.26 Å². The van der Waals surface area contributed by atoms with Crippen LogP contribution in [0.1, 0.15) is 90.9 Å². The fourth-order valence-electron chi connectivity index (χ4n) is 3.30. The van der Waals surface area contributed by atoms with Crippen molar-refractivity contribution in [1.29, 1.82) is 5.26 Å². The zero-order valence-corrected chi connectivity index (χ0v) is 12.5. The summed E-state index contributed by atoms with van der Waals surface area (Å²) in [5, 5.41) is 9.49. The minimum absolute atomic E-state index is 0.0520. The van der Waals surface area contributed by atoms with E-state index in [4.69, 9.17) is 0 Å². The van der Waals surface area contributed by atoms with Gasteiger partial charge in [-0.2, -0.15) is 5.26 Å². The summed E-state index contributed by atoms with van der Waals surface area (Å²) in [6.07, 6.45) is 15.4. The maximum absolute atomic E-state index is 9.49. The van der Waals surface area contributed by atoms with Gasteiger partial charge in [0.05, 0.1) is 11.5 Å². The van der Waals surface area contributed by atoms with E-state index in [0.717, 1.165) is 25.2 Å². The van der Waals surface area contributed by atoms with Crippen molar-refractivity contribution in [1.82, 2.24) is 0 Å². The minimum atomic E-state index is 0.0520. The first-order valence-electron chi connectivity index (χ1n) is 8.17. The smallest absolute Gasteiger partial charge is 0.0689 e. The highest BCUT2D eigenvalue weighted by atomic mass is 14.4. The SMILES string of the molecule is CCCCCCCCC1(C#N)CCC(CC)CC1. The Morgan fingerprint density at radius 2 is 1.61 bits per heavy atom. The minimum Gasteiger partial charge on any atom is -0.198 e. The first kappa shape index (κ1) is 15.5. The molecule has 0 radical (unpaired) electrons. The lowest BCUT2D eigenvalue weighted by atomic mass is 9.68. The zero-order valence-electron chi connectivity index (χ0n) is 12.5. The number of hydrogen-bond donors (Lipinski definition) is 0. The van der Waals surface area contributed by atoms with Gasteiger partial charge >= 0.3 is 0 Å². The van der Waals surface area contributed by atoms with Crippen LogP contribution in [0.4, 0.5) is 0 Å². The van der Waals surface area contributed by atoms with E-state index < -0.39 is 0 Å². The molecule has 1 saturated carbocycles. The van der Waals surface area contributed by atoms with Crippen LogP contribution in [-0.4, -0.2) is 0 Å². The maximum Gasteiger partial charge on any atom is 0.0689 e. The predicted molar refractivity (Wildman–Crippen MR) is 78.3 cm³/mol. The van der Waals surface area contributed by atoms with Gasteiger partial charge in [0.15, 0.2) is 0 Å². The topological polar surface area (TPSA) is 23.8 Å². The molecule has 0 aromatic carbocycles. The molecular formula is C17H31N. The average molecular weight is 249 g/mol. The molecule has 0 aliphatic heterocycles. The molecule has 104 valence electrons. The lowest BCUT2D eigenvalue weighted by Gasteiger charge is -2.34. The summed E-state index contributed by atoms with van der Waals surface area (Å²) < 4.78 is 0. The van der Waals surface area contributed by atoms with Crippen LogP contribution in [0.5, 0.6) is 0 Å². The third-order valence-corrected chi connectivity index (χ3v) is 4.89. The summed E-state index contributed by atoms with van der Waals surface area (Å²) in [5.41, 5.74) is 0.0520. The highest BCUT2D eigenvalue weighted by Crippen LogP contribution is 2.43. The average Bonchev–Trinajstić information content (AvgIpc) is 2.43. The predicted octanol–water partition coefficient (Wildman–Crippen LogP) is 5.85. The van der Waals surface area contributed by atoms with Gasteiger partial charge in [-0.1, -0.05) is 58.8 Å². The van der Waals surface area contributed by atoms with E-state index in [0.29, 0.717) is 0 Å². The van der Waals surface area contributed by atoms with E-state index in [2.05, 4.69) is 19.9 Å². The monoisotopic (exact) mass is 249 g/mol. The van der Waals surface area contributed by atoms with E-state index in [-0.39, 0.29) is 5.41 Å². The Morgan fingerprint density at radius 1 is 1.00 bits per heavy atom. The van der Waals surface area contributed by atoms with Gasteiger partial charge in [0.2, 0.25) is 0 Å². The van der Waals surface area contributed by atoms with Crippen LogP contribution in [0, 0.1) is 22.7 Å². The lowest BCUT2D eigenvalue weighted by molar-refractivity contribution is 0.189. The van der Waals surface area contributed by atoms with Gasteiger partial charge < -0.3 is 0 Å². The van der Waals surface area contributed by atoms with Crippen molar-refractivity contribution in [2.24, 2.45) is 11.3 Å². The second-order valence-corrected chi connectivity index (χ2v) is 6.26. The van der Waals surface area contributed by atoms with Crippen LogP contribution in [0.3, 0.4) is 0 Å². The normalized spacial score (nSPS) is 27.9. The van der Waals surface area contributed by atoms with Crippen molar-refractivity contribution < 1.29 is 0 Å². The number of nitriles is 1. The Bertz CT molecular complexity index is 243. The van der Waals surface area contributed by atoms with Gasteiger partial charge in [-0.05, 0) is 38.0 Å². The molecule has 1 aliphatic rings. The van der Waals surface area contributed by atoms with Crippen LogP contribution in [0.25, 0.3) is 0 Å². The highest BCUT2D eigenvalue weighted by molar-refractivity contribution is 5.01. The molecule has 0 heterocycles. The Morgan fingerprint density at radius 3 is 2.17 bits per heavy atom. The van der Waals surface area contributed by atoms with Crippen LogP contribution in [0.2, 0.25) is 0 Å². The van der Waals surface area contributed by atoms with Crippen LogP contribution >= 0.6 is 0 Å². The molecule has 1 heteroatoms. The Labute approximate surface area is 114 Å². The number of unbranched alkanes of at least 4 members (excludes halogenated alkanes) is 5. The van der Waals surface area contributed by atoms with Gasteiger partial charge in [-0.25, -0.2) is 0 Å². The quantitative estimate of drug-likeness (QED) is 0.495. The van der Waals surface area contributed by atoms with Gasteiger partial charge in [0, 0.05) is 0 Å². The number of hydrogen-bond acceptors (Lipinski definition) is 1. The van der Waals surface area contributed by atoms with Gasteiger partial charge in [0.1, 0.15) is 0 Å². The van der Waals surface area contributed by atoms with Crippen LogP contribution in [-0.2, 0) is 0 Å². The van der Waals surface area contributed by atoms with Gasteiger partial charge in [0.25, 0.3) is 0 Å². The second-order valence-electron chi connectivity index (χ2n) is 6.26. The summed E-state index contributed by atoms with van der Waals surface area (Å²) in [5.74, 6) is 0.899. The summed E-state index contributed by atoms with van der Waals surface area (Å²) in [6.45, 7) is 4.55. The van der Waals surface area contributed by atoms with E-state index in [1.54, 1.807) is 0 Å². The number of rotatable bonds is 8. The molecule has 0 aromatic heterocycles. The molecule has 1 nitrogen and oxygen atoms in total. The molecule has 0 aromatic rings. The first-order valence-corrected chi connectivity index (χ1v) is 8.17. The van der Waals surface area contributed by atoms with Crippen molar-refractivity contribution in [2.75, 3.05) is 0 Å². The molecule has 0 spiro atoms. The van der Waals surface area contributed by atoms with Crippen molar-refractivity contribution in [2.45, 2.75) is 90.9 Å². The fourth-order valence-corrected chi connectivity index (χ4v) is 3.30. The largest absolute Gasteiger partial charge is 0.198 e. The summed E-state index contributed by atoms with van der Waals surface area (Å²) in [7, 11) is 0. The summed E-state index contributed by atoms with van der Waals surface area (Å²) >= 11 is 0. The Hall–Kier alpha value is -0.510. The Kier molecular flexibility index (Phi) is 7.40. The van der Waals surface area contributed by atoms with Crippen molar-refractivity contribution in [3.8, 4) is 6.07 Å². The van der Waals surface area contributed by atoms with Crippen LogP contribution in [0.15, 0.2) is 0 Å². The molecule has 1 rings (SSSR count). The van der Waals surface area contributed by atoms with Gasteiger partial charge in [-0.3, -0.25) is 0 Å². The molecule has 1 fully saturated rings. The zero-order chi connectivity index (χ0) is 13.3. The molecule has 18 heavy (non-hydrogen) atoms. The first-order chi connectivity index (χ1) is 8.76. The van der Waals surface area contributed by atoms with E-state index in [1.165, 1.54) is 57.8 Å². The lowest BCUT2D eigenvalue weighted by Crippen LogP contribution is -2.25. The fraction of sp³-hybridized carbons (Fsp3) is 0.941. The molecular weight excluding hydrogens is 218 g/mol. The van der Waals surface area contributed by atoms with Crippen LogP contribution < -0.4 is 0 Å². The van der Waals surface area contributed by atoms with Crippen molar-refractivity contribution in [3.05, 3.63) is 0 Å². The molecule has 0 saturated heterocycles. The second kappa shape index (κ2) is 8.57. The highest BCUT2D eigenvalue weighted by Gasteiger charge is 2.34. The third kappa shape index (κ3) is 5.01. The molecule has 1 aliphatic carbocycles.